The largest absolute Gasteiger partial charge is 0.523 e. The first kappa shape index (κ1) is 30.0. The minimum atomic E-state index is -6.34. The molecule has 0 aliphatic carbocycles. The molecule has 0 unspecified atom stereocenters. The minimum absolute atomic E-state index is 0.0514. The number of hydrogen-bond acceptors (Lipinski definition) is 10. The summed E-state index contributed by atoms with van der Waals surface area (Å²) in [6.07, 6.45) is -8.27. The molecule has 1 saturated heterocycles. The van der Waals surface area contributed by atoms with E-state index in [0.717, 1.165) is 18.9 Å². The summed E-state index contributed by atoms with van der Waals surface area (Å²) in [5.74, 6) is -2.82. The third kappa shape index (κ3) is 7.11. The average molecular weight is 576 g/mol. The third-order valence-electron chi connectivity index (χ3n) is 5.74. The summed E-state index contributed by atoms with van der Waals surface area (Å²) in [5, 5.41) is 10.7. The first-order chi connectivity index (χ1) is 18.2. The number of amides is 1. The topological polar surface area (TPSA) is 146 Å². The van der Waals surface area contributed by atoms with Gasteiger partial charge in [0.25, 0.3) is 0 Å². The number of ether oxygens (including phenoxy) is 3. The van der Waals surface area contributed by atoms with Crippen LogP contribution in [0.5, 0.6) is 0 Å². The molecule has 0 spiro atoms. The van der Waals surface area contributed by atoms with Crippen LogP contribution < -0.4 is 0 Å². The van der Waals surface area contributed by atoms with Gasteiger partial charge in [-0.3, -0.25) is 8.98 Å². The van der Waals surface area contributed by atoms with Gasteiger partial charge in [-0.1, -0.05) is 36.4 Å². The molecular weight excluding hydrogens is 551 g/mol. The van der Waals surface area contributed by atoms with Crippen LogP contribution in [0.2, 0.25) is 0 Å². The zero-order chi connectivity index (χ0) is 29.0. The molecular formula is C24H24F3NO10S. The maximum Gasteiger partial charge on any atom is 0.523 e. The zero-order valence-corrected chi connectivity index (χ0v) is 21.3. The van der Waals surface area contributed by atoms with Crippen LogP contribution in [0.3, 0.4) is 0 Å². The number of benzene rings is 2. The monoisotopic (exact) mass is 575 g/mol. The van der Waals surface area contributed by atoms with Gasteiger partial charge in [-0.15, -0.1) is 0 Å². The van der Waals surface area contributed by atoms with Crippen LogP contribution in [0.4, 0.5) is 13.2 Å². The molecule has 212 valence electrons. The predicted molar refractivity (Wildman–Crippen MR) is 125 cm³/mol. The van der Waals surface area contributed by atoms with E-state index in [1.165, 1.54) is 48.5 Å². The fourth-order valence-corrected chi connectivity index (χ4v) is 4.33. The summed E-state index contributed by atoms with van der Waals surface area (Å²) in [5.41, 5.74) is -5.92. The number of rotatable bonds is 8. The van der Waals surface area contributed by atoms with Gasteiger partial charge in [0.2, 0.25) is 5.91 Å². The lowest BCUT2D eigenvalue weighted by atomic mass is 9.95. The highest BCUT2D eigenvalue weighted by Crippen LogP contribution is 2.34. The molecule has 15 heteroatoms. The molecule has 0 bridgehead atoms. The van der Waals surface area contributed by atoms with Crippen molar-refractivity contribution in [2.75, 3.05) is 13.7 Å². The molecule has 39 heavy (non-hydrogen) atoms. The first-order valence-electron chi connectivity index (χ1n) is 11.3. The number of likely N-dealkylation sites (N-methyl/N-ethyl adjacent to an activating group) is 1. The van der Waals surface area contributed by atoms with Crippen LogP contribution in [0.1, 0.15) is 27.6 Å². The van der Waals surface area contributed by atoms with E-state index in [4.69, 9.17) is 14.2 Å². The Morgan fingerprint density at radius 3 is 1.95 bits per heavy atom. The van der Waals surface area contributed by atoms with Gasteiger partial charge < -0.3 is 24.2 Å². The molecule has 1 aliphatic heterocycles. The highest BCUT2D eigenvalue weighted by Gasteiger charge is 2.57. The van der Waals surface area contributed by atoms with Crippen molar-refractivity contribution in [2.24, 2.45) is 0 Å². The zero-order valence-electron chi connectivity index (χ0n) is 20.5. The lowest BCUT2D eigenvalue weighted by Crippen LogP contribution is -2.66. The standard InChI is InChI=1S/C24H24F3NO10S/c1-14(29)28(2)18-20(37-22(31)16-11-7-4-8-12-16)19(38-39(33,34)24(25,26)27)17(36-23(18)32)13-35-21(30)15-9-5-3-6-10-15/h3-12,17-20,23,32H,13H2,1-2H3/t17-,18-,19+,20-,23+/m1/s1. The van der Waals surface area contributed by atoms with Crippen molar-refractivity contribution in [2.45, 2.75) is 43.1 Å². The molecule has 0 saturated carbocycles. The summed E-state index contributed by atoms with van der Waals surface area (Å²) in [4.78, 5) is 38.2. The lowest BCUT2D eigenvalue weighted by molar-refractivity contribution is -0.263. The number of halogens is 3. The van der Waals surface area contributed by atoms with Gasteiger partial charge in [-0.05, 0) is 24.3 Å². The molecule has 1 fully saturated rings. The number of carbonyl (C=O) groups is 3. The number of esters is 2. The van der Waals surface area contributed by atoms with Crippen LogP contribution in [0.15, 0.2) is 60.7 Å². The van der Waals surface area contributed by atoms with Gasteiger partial charge in [0.05, 0.1) is 11.1 Å². The third-order valence-corrected chi connectivity index (χ3v) is 6.78. The Hall–Kier alpha value is -3.53. The number of hydrogen-bond donors (Lipinski definition) is 1. The summed E-state index contributed by atoms with van der Waals surface area (Å²) in [7, 11) is -5.22. The summed E-state index contributed by atoms with van der Waals surface area (Å²) < 4.78 is 84.1. The van der Waals surface area contributed by atoms with Gasteiger partial charge in [-0.2, -0.15) is 21.6 Å². The molecule has 0 radical (unpaired) electrons. The van der Waals surface area contributed by atoms with Crippen LogP contribution in [-0.2, 0) is 33.3 Å². The quantitative estimate of drug-likeness (QED) is 0.281. The van der Waals surface area contributed by atoms with E-state index in [1.807, 2.05) is 0 Å². The van der Waals surface area contributed by atoms with E-state index >= 15 is 0 Å². The predicted octanol–water partition coefficient (Wildman–Crippen LogP) is 1.87. The van der Waals surface area contributed by atoms with E-state index in [2.05, 4.69) is 4.18 Å². The molecule has 2 aromatic carbocycles. The smallest absolute Gasteiger partial charge is 0.459 e. The van der Waals surface area contributed by atoms with Crippen LogP contribution in [-0.4, -0.2) is 86.1 Å². The summed E-state index contributed by atoms with van der Waals surface area (Å²) in [6, 6.07) is 12.8. The Kier molecular flexibility index (Phi) is 9.32. The number of aliphatic hydroxyl groups is 1. The normalized spacial score (nSPS) is 23.5. The van der Waals surface area contributed by atoms with Crippen molar-refractivity contribution in [3.8, 4) is 0 Å². The molecule has 3 rings (SSSR count). The molecule has 1 N–H and O–H groups in total. The van der Waals surface area contributed by atoms with Gasteiger partial charge >= 0.3 is 27.6 Å². The Balaban J connectivity index is 2.02. The molecule has 5 atom stereocenters. The van der Waals surface area contributed by atoms with Crippen LogP contribution in [0, 0.1) is 0 Å². The molecule has 1 heterocycles. The van der Waals surface area contributed by atoms with E-state index < -0.39 is 70.7 Å². The average Bonchev–Trinajstić information content (AvgIpc) is 2.88. The van der Waals surface area contributed by atoms with Crippen molar-refractivity contribution < 1.29 is 59.5 Å². The second-order valence-corrected chi connectivity index (χ2v) is 9.91. The lowest BCUT2D eigenvalue weighted by Gasteiger charge is -2.46. The van der Waals surface area contributed by atoms with Crippen molar-refractivity contribution in [1.82, 2.24) is 4.90 Å². The number of alkyl halides is 3. The molecule has 2 aromatic rings. The van der Waals surface area contributed by atoms with Crippen molar-refractivity contribution in [3.05, 3.63) is 71.8 Å². The second kappa shape index (κ2) is 12.1. The van der Waals surface area contributed by atoms with Crippen molar-refractivity contribution >= 4 is 28.0 Å². The fraction of sp³-hybridized carbons (Fsp3) is 0.375. The number of nitrogens with zero attached hydrogens (tertiary/aromatic N) is 1. The van der Waals surface area contributed by atoms with E-state index in [-0.39, 0.29) is 11.1 Å². The van der Waals surface area contributed by atoms with Gasteiger partial charge in [0.1, 0.15) is 24.9 Å². The summed E-state index contributed by atoms with van der Waals surface area (Å²) >= 11 is 0. The fourth-order valence-electron chi connectivity index (χ4n) is 3.70. The maximum absolute atomic E-state index is 13.3. The molecule has 1 aliphatic rings. The number of aliphatic hydroxyl groups excluding tert-OH is 1. The highest BCUT2D eigenvalue weighted by atomic mass is 32.2. The van der Waals surface area contributed by atoms with Gasteiger partial charge in [0, 0.05) is 14.0 Å². The summed E-state index contributed by atoms with van der Waals surface area (Å²) in [6.45, 7) is 0.123. The Morgan fingerprint density at radius 1 is 0.949 bits per heavy atom. The van der Waals surface area contributed by atoms with E-state index in [9.17, 15) is 41.1 Å². The Bertz CT molecular complexity index is 1270. The van der Waals surface area contributed by atoms with Gasteiger partial charge in [0.15, 0.2) is 12.4 Å². The van der Waals surface area contributed by atoms with E-state index in [0.29, 0.717) is 0 Å². The molecule has 1 amide bonds. The van der Waals surface area contributed by atoms with E-state index in [1.54, 1.807) is 12.1 Å². The second-order valence-electron chi connectivity index (χ2n) is 8.35. The molecule has 0 aromatic heterocycles. The van der Waals surface area contributed by atoms with Crippen LogP contribution >= 0.6 is 0 Å². The maximum atomic E-state index is 13.3. The van der Waals surface area contributed by atoms with Crippen LogP contribution in [0.25, 0.3) is 0 Å². The minimum Gasteiger partial charge on any atom is -0.459 e. The Morgan fingerprint density at radius 2 is 1.46 bits per heavy atom. The highest BCUT2D eigenvalue weighted by molar-refractivity contribution is 7.87. The first-order valence-corrected chi connectivity index (χ1v) is 12.7. The van der Waals surface area contributed by atoms with Crippen molar-refractivity contribution in [3.63, 3.8) is 0 Å². The SMILES string of the molecule is CC(=O)N(C)[C@@H]1[C@@H](OC(=O)c2ccccc2)[C@@H](OS(=O)(=O)C(F)(F)F)[C@@H](COC(=O)c2ccccc2)O[C@@H]1O. The van der Waals surface area contributed by atoms with Crippen molar-refractivity contribution in [1.29, 1.82) is 0 Å². The number of carbonyl (C=O) groups excluding carboxylic acids is 3. The molecule has 11 nitrogen and oxygen atoms in total. The Labute approximate surface area is 221 Å². The van der Waals surface area contributed by atoms with Gasteiger partial charge in [-0.25, -0.2) is 9.59 Å².